The van der Waals surface area contributed by atoms with Crippen molar-refractivity contribution in [2.75, 3.05) is 18.5 Å². The predicted octanol–water partition coefficient (Wildman–Crippen LogP) is 3.45. The number of ketones is 1. The summed E-state index contributed by atoms with van der Waals surface area (Å²) in [5.74, 6) is -0.403. The van der Waals surface area contributed by atoms with E-state index in [0.29, 0.717) is 5.56 Å². The molecule has 0 saturated carbocycles. The van der Waals surface area contributed by atoms with Crippen molar-refractivity contribution in [2.45, 2.75) is 20.8 Å². The molecule has 4 nitrogen and oxygen atoms in total. The van der Waals surface area contributed by atoms with Crippen LogP contribution < -0.4 is 5.32 Å². The number of carbonyl (C=O) groups is 2. The van der Waals surface area contributed by atoms with E-state index < -0.39 is 0 Å². The van der Waals surface area contributed by atoms with Crippen molar-refractivity contribution in [3.63, 3.8) is 0 Å². The number of hydrogen-bond donors (Lipinski definition) is 1. The maximum atomic E-state index is 12.0. The largest absolute Gasteiger partial charge is 0.363 e. The van der Waals surface area contributed by atoms with Crippen LogP contribution in [0.4, 0.5) is 5.69 Å². The van der Waals surface area contributed by atoms with E-state index in [2.05, 4.69) is 5.32 Å². The molecule has 0 unspecified atom stereocenters. The summed E-state index contributed by atoms with van der Waals surface area (Å²) in [5, 5.41) is 2.74. The van der Waals surface area contributed by atoms with Gasteiger partial charge in [-0.2, -0.15) is 0 Å². The van der Waals surface area contributed by atoms with Gasteiger partial charge in [-0.25, -0.2) is 0 Å². The van der Waals surface area contributed by atoms with Crippen LogP contribution in [0.1, 0.15) is 27.0 Å². The van der Waals surface area contributed by atoms with E-state index in [9.17, 15) is 9.59 Å². The van der Waals surface area contributed by atoms with Crippen LogP contribution in [0, 0.1) is 20.8 Å². The zero-order valence-corrected chi connectivity index (χ0v) is 13.7. The van der Waals surface area contributed by atoms with Crippen LogP contribution in [-0.2, 0) is 9.53 Å². The Labute approximate surface area is 136 Å². The summed E-state index contributed by atoms with van der Waals surface area (Å²) in [5.41, 5.74) is 4.59. The van der Waals surface area contributed by atoms with Crippen LogP contribution in [0.25, 0.3) is 0 Å². The molecule has 0 heterocycles. The lowest BCUT2D eigenvalue weighted by atomic mass is 10.0. The minimum atomic E-state index is -0.275. The molecule has 2 aromatic rings. The van der Waals surface area contributed by atoms with E-state index in [1.165, 1.54) is 0 Å². The van der Waals surface area contributed by atoms with Gasteiger partial charge in [-0.1, -0.05) is 24.3 Å². The molecule has 0 radical (unpaired) electrons. The van der Waals surface area contributed by atoms with Gasteiger partial charge in [0.2, 0.25) is 5.91 Å². The van der Waals surface area contributed by atoms with Gasteiger partial charge in [0, 0.05) is 11.3 Å². The molecule has 2 aromatic carbocycles. The number of carbonyl (C=O) groups excluding carboxylic acids is 2. The van der Waals surface area contributed by atoms with E-state index in [1.807, 2.05) is 57.2 Å². The topological polar surface area (TPSA) is 55.4 Å². The summed E-state index contributed by atoms with van der Waals surface area (Å²) < 4.78 is 5.22. The maximum Gasteiger partial charge on any atom is 0.250 e. The molecule has 0 aliphatic rings. The van der Waals surface area contributed by atoms with Gasteiger partial charge < -0.3 is 10.1 Å². The number of benzene rings is 2. The highest BCUT2D eigenvalue weighted by Gasteiger charge is 2.09. The molecule has 2 rings (SSSR count). The van der Waals surface area contributed by atoms with Gasteiger partial charge in [-0.15, -0.1) is 0 Å². The van der Waals surface area contributed by atoms with Crippen molar-refractivity contribution >= 4 is 17.4 Å². The van der Waals surface area contributed by atoms with Crippen molar-refractivity contribution in [3.8, 4) is 0 Å². The fourth-order valence-corrected chi connectivity index (χ4v) is 2.15. The summed E-state index contributed by atoms with van der Waals surface area (Å²) >= 11 is 0. The second-order valence-corrected chi connectivity index (χ2v) is 5.63. The Balaban J connectivity index is 1.81. The number of amides is 1. The third kappa shape index (κ3) is 5.04. The average molecular weight is 311 g/mol. The molecule has 1 amide bonds. The first-order chi connectivity index (χ1) is 11.0. The number of nitrogens with one attached hydrogen (secondary N) is 1. The van der Waals surface area contributed by atoms with Crippen molar-refractivity contribution in [3.05, 3.63) is 64.7 Å². The Bertz CT molecular complexity index is 722. The van der Waals surface area contributed by atoms with Gasteiger partial charge in [-0.05, 0) is 55.7 Å². The SMILES string of the molecule is Cc1cccc(NC(=O)COCC(=O)c2ccc(C)c(C)c2)c1. The van der Waals surface area contributed by atoms with Crippen LogP contribution in [-0.4, -0.2) is 24.9 Å². The Kier molecular flexibility index (Phi) is 5.66. The zero-order chi connectivity index (χ0) is 16.8. The molecule has 0 bridgehead atoms. The van der Waals surface area contributed by atoms with Crippen LogP contribution in [0.5, 0.6) is 0 Å². The predicted molar refractivity (Wildman–Crippen MR) is 90.9 cm³/mol. The quantitative estimate of drug-likeness (QED) is 0.831. The molecule has 0 atom stereocenters. The lowest BCUT2D eigenvalue weighted by Gasteiger charge is -2.07. The van der Waals surface area contributed by atoms with E-state index in [4.69, 9.17) is 4.74 Å². The summed E-state index contributed by atoms with van der Waals surface area (Å²) in [7, 11) is 0. The molecule has 0 spiro atoms. The zero-order valence-electron chi connectivity index (χ0n) is 13.7. The third-order valence-electron chi connectivity index (χ3n) is 3.60. The van der Waals surface area contributed by atoms with Crippen molar-refractivity contribution in [1.82, 2.24) is 0 Å². The lowest BCUT2D eigenvalue weighted by Crippen LogP contribution is -2.21. The third-order valence-corrected chi connectivity index (χ3v) is 3.60. The molecule has 0 saturated heterocycles. The van der Waals surface area contributed by atoms with E-state index in [0.717, 1.165) is 22.4 Å². The summed E-state index contributed by atoms with van der Waals surface area (Å²) in [6.45, 7) is 5.65. The summed E-state index contributed by atoms with van der Waals surface area (Å²) in [4.78, 5) is 23.8. The molecule has 0 aromatic heterocycles. The van der Waals surface area contributed by atoms with Gasteiger partial charge in [0.05, 0.1) is 0 Å². The second-order valence-electron chi connectivity index (χ2n) is 5.63. The Morgan fingerprint density at radius 2 is 1.74 bits per heavy atom. The number of hydrogen-bond acceptors (Lipinski definition) is 3. The first-order valence-electron chi connectivity index (χ1n) is 7.50. The monoisotopic (exact) mass is 311 g/mol. The van der Waals surface area contributed by atoms with E-state index in [-0.39, 0.29) is 24.9 Å². The van der Waals surface area contributed by atoms with Crippen LogP contribution in [0.15, 0.2) is 42.5 Å². The Morgan fingerprint density at radius 1 is 0.957 bits per heavy atom. The fourth-order valence-electron chi connectivity index (χ4n) is 2.15. The highest BCUT2D eigenvalue weighted by molar-refractivity contribution is 5.97. The van der Waals surface area contributed by atoms with Gasteiger partial charge >= 0.3 is 0 Å². The number of aryl methyl sites for hydroxylation is 3. The van der Waals surface area contributed by atoms with Gasteiger partial charge in [-0.3, -0.25) is 9.59 Å². The molecule has 4 heteroatoms. The van der Waals surface area contributed by atoms with Crippen molar-refractivity contribution in [1.29, 1.82) is 0 Å². The van der Waals surface area contributed by atoms with Crippen LogP contribution in [0.3, 0.4) is 0 Å². The van der Waals surface area contributed by atoms with Crippen LogP contribution in [0.2, 0.25) is 0 Å². The smallest absolute Gasteiger partial charge is 0.250 e. The molecule has 0 fully saturated rings. The number of Topliss-reactive ketones (excluding diaryl/α,β-unsaturated/α-hetero) is 1. The summed E-state index contributed by atoms with van der Waals surface area (Å²) in [6, 6.07) is 13.0. The van der Waals surface area contributed by atoms with Crippen molar-refractivity contribution < 1.29 is 14.3 Å². The molecular weight excluding hydrogens is 290 g/mol. The average Bonchev–Trinajstić information content (AvgIpc) is 2.50. The Hall–Kier alpha value is -2.46. The van der Waals surface area contributed by atoms with E-state index in [1.54, 1.807) is 6.07 Å². The minimum absolute atomic E-state index is 0.107. The minimum Gasteiger partial charge on any atom is -0.363 e. The first kappa shape index (κ1) is 16.9. The van der Waals surface area contributed by atoms with Crippen molar-refractivity contribution in [2.24, 2.45) is 0 Å². The molecule has 23 heavy (non-hydrogen) atoms. The standard InChI is InChI=1S/C19H21NO3/c1-13-5-4-6-17(9-13)20-19(22)12-23-11-18(21)16-8-7-14(2)15(3)10-16/h4-10H,11-12H2,1-3H3,(H,20,22). The molecule has 0 aliphatic carbocycles. The Morgan fingerprint density at radius 3 is 2.43 bits per heavy atom. The number of ether oxygens (including phenoxy) is 1. The van der Waals surface area contributed by atoms with Crippen LogP contribution >= 0.6 is 0 Å². The number of anilines is 1. The summed E-state index contributed by atoms with van der Waals surface area (Å²) in [6.07, 6.45) is 0. The maximum absolute atomic E-state index is 12.0. The van der Waals surface area contributed by atoms with E-state index >= 15 is 0 Å². The molecular formula is C19H21NO3. The first-order valence-corrected chi connectivity index (χ1v) is 7.50. The number of rotatable bonds is 6. The molecule has 0 aliphatic heterocycles. The highest BCUT2D eigenvalue weighted by Crippen LogP contribution is 2.11. The highest BCUT2D eigenvalue weighted by atomic mass is 16.5. The fraction of sp³-hybridized carbons (Fsp3) is 0.263. The molecule has 1 N–H and O–H groups in total. The van der Waals surface area contributed by atoms with Gasteiger partial charge in [0.25, 0.3) is 0 Å². The van der Waals surface area contributed by atoms with Gasteiger partial charge in [0.1, 0.15) is 13.2 Å². The molecule has 120 valence electrons. The second kappa shape index (κ2) is 7.70. The lowest BCUT2D eigenvalue weighted by molar-refractivity contribution is -0.120. The normalized spacial score (nSPS) is 10.4. The van der Waals surface area contributed by atoms with Gasteiger partial charge in [0.15, 0.2) is 5.78 Å².